The van der Waals surface area contributed by atoms with Crippen LogP contribution in [0.4, 0.5) is 0 Å². The summed E-state index contributed by atoms with van der Waals surface area (Å²) in [6.07, 6.45) is 0. The van der Waals surface area contributed by atoms with Gasteiger partial charge in [0.2, 0.25) is 0 Å². The summed E-state index contributed by atoms with van der Waals surface area (Å²) in [6.45, 7) is 0. The number of hydrogen-bond acceptors (Lipinski definition) is 2. The van der Waals surface area contributed by atoms with E-state index in [0.717, 1.165) is 0 Å². The van der Waals surface area contributed by atoms with Gasteiger partial charge in [0.05, 0.1) is 0 Å². The summed E-state index contributed by atoms with van der Waals surface area (Å²) in [5.41, 5.74) is 14.4. The first-order valence-corrected chi connectivity index (χ1v) is 19.9. The highest BCUT2D eigenvalue weighted by Gasteiger charge is 2.19. The first-order valence-electron chi connectivity index (χ1n) is 18.2. The lowest BCUT2D eigenvalue weighted by molar-refractivity contribution is 1.37. The molecule has 0 saturated heterocycles. The molecule has 7 heterocycles. The molecule has 0 amide bonds. The molecule has 0 aromatic heterocycles. The van der Waals surface area contributed by atoms with Crippen molar-refractivity contribution in [2.75, 3.05) is 0 Å². The van der Waals surface area contributed by atoms with E-state index in [2.05, 4.69) is 218 Å². The van der Waals surface area contributed by atoms with Gasteiger partial charge in [-0.1, -0.05) is 193 Å². The quantitative estimate of drug-likeness (QED) is 0.177. The van der Waals surface area contributed by atoms with Crippen LogP contribution in [0.2, 0.25) is 0 Å². The van der Waals surface area contributed by atoms with E-state index in [-0.39, 0.29) is 0 Å². The van der Waals surface area contributed by atoms with Gasteiger partial charge in [0, 0.05) is 19.6 Å². The Morgan fingerprint density at radius 2 is 0.333 bits per heavy atom. The van der Waals surface area contributed by atoms with Crippen molar-refractivity contribution in [1.29, 1.82) is 0 Å². The largest absolute Gasteiger partial charge is 0.0901 e. The fraction of sp³-hybridized carbons (Fsp3) is 0. The van der Waals surface area contributed by atoms with Crippen molar-refractivity contribution in [2.45, 2.75) is 19.6 Å². The average molecular weight is 725 g/mol. The summed E-state index contributed by atoms with van der Waals surface area (Å²) >= 11 is 3.59. The topological polar surface area (TPSA) is 0 Å². The van der Waals surface area contributed by atoms with Crippen LogP contribution >= 0.6 is 23.5 Å². The van der Waals surface area contributed by atoms with E-state index in [0.29, 0.717) is 0 Å². The summed E-state index contributed by atoms with van der Waals surface area (Å²) in [5.74, 6) is 0. The molecule has 0 N–H and O–H groups in total. The zero-order valence-corrected chi connectivity index (χ0v) is 31.2. The molecule has 0 aliphatic carbocycles. The van der Waals surface area contributed by atoms with Crippen LogP contribution in [0, 0.1) is 0 Å². The molecule has 7 aliphatic heterocycles. The number of rotatable bonds is 4. The Morgan fingerprint density at radius 1 is 0.167 bits per heavy atom. The second kappa shape index (κ2) is 15.5. The van der Waals surface area contributed by atoms with Crippen LogP contribution < -0.4 is 0 Å². The van der Waals surface area contributed by atoms with Crippen LogP contribution in [0.15, 0.2) is 238 Å². The smallest absolute Gasteiger partial charge is 0.0122 e. The van der Waals surface area contributed by atoms with Gasteiger partial charge >= 0.3 is 0 Å². The summed E-state index contributed by atoms with van der Waals surface area (Å²) < 4.78 is 0. The van der Waals surface area contributed by atoms with Gasteiger partial charge in [-0.3, -0.25) is 0 Å². The number of hydrogen-bond donors (Lipinski definition) is 0. The first-order chi connectivity index (χ1) is 26.8. The lowest BCUT2D eigenvalue weighted by Gasteiger charge is -2.19. The summed E-state index contributed by atoms with van der Waals surface area (Å²) in [6, 6.07) is 79.5. The monoisotopic (exact) mass is 724 g/mol. The van der Waals surface area contributed by atoms with Gasteiger partial charge in [-0.2, -0.15) is 0 Å². The Balaban J connectivity index is 1.25. The second-order valence-corrected chi connectivity index (χ2v) is 15.6. The van der Waals surface area contributed by atoms with Crippen LogP contribution in [-0.2, 0) is 0 Å². The lowest BCUT2D eigenvalue weighted by atomic mass is 9.86. The van der Waals surface area contributed by atoms with Gasteiger partial charge in [-0.05, 0) is 115 Å². The Labute approximate surface area is 326 Å². The SMILES string of the molecule is c1ccc(/C2=C(\c3ccccc3)c3ccc(cc3)Sc3ccc(cc3)/C(c3ccccc3)=C(/c3ccccc3)c3ccc(cc3)Sc3ccc2cc3)cc1. The molecule has 0 nitrogen and oxygen atoms in total. The molecule has 0 unspecified atom stereocenters. The highest BCUT2D eigenvalue weighted by atomic mass is 32.2. The molecule has 0 spiro atoms. The minimum absolute atomic E-state index is 1.19. The van der Waals surface area contributed by atoms with Gasteiger partial charge in [0.15, 0.2) is 0 Å². The second-order valence-electron chi connectivity index (χ2n) is 13.3. The summed E-state index contributed by atoms with van der Waals surface area (Å²) in [4.78, 5) is 4.81. The predicted octanol–water partition coefficient (Wildman–Crippen LogP) is 14.3. The Kier molecular flexibility index (Phi) is 9.69. The van der Waals surface area contributed by atoms with Crippen molar-refractivity contribution in [3.63, 3.8) is 0 Å². The highest BCUT2D eigenvalue weighted by molar-refractivity contribution is 7.99. The molecule has 8 aromatic rings. The van der Waals surface area contributed by atoms with Crippen LogP contribution in [0.1, 0.15) is 44.5 Å². The van der Waals surface area contributed by atoms with Crippen molar-refractivity contribution in [3.05, 3.63) is 263 Å². The fourth-order valence-corrected chi connectivity index (χ4v) is 8.90. The lowest BCUT2D eigenvalue weighted by Crippen LogP contribution is -1.98. The number of benzene rings is 8. The zero-order valence-electron chi connectivity index (χ0n) is 29.6. The molecule has 0 radical (unpaired) electrons. The maximum absolute atomic E-state index is 2.28. The van der Waals surface area contributed by atoms with Crippen molar-refractivity contribution in [1.82, 2.24) is 0 Å². The third-order valence-corrected chi connectivity index (χ3v) is 11.8. The minimum atomic E-state index is 1.19. The van der Waals surface area contributed by atoms with Crippen molar-refractivity contribution in [3.8, 4) is 0 Å². The summed E-state index contributed by atoms with van der Waals surface area (Å²) in [7, 11) is 0. The van der Waals surface area contributed by atoms with E-state index in [9.17, 15) is 0 Å². The molecule has 54 heavy (non-hydrogen) atoms. The maximum atomic E-state index is 2.28. The van der Waals surface area contributed by atoms with E-state index in [4.69, 9.17) is 0 Å². The molecular formula is C52H36S2. The van der Waals surface area contributed by atoms with E-state index in [1.807, 2.05) is 0 Å². The normalized spacial score (nSPS) is 15.6. The van der Waals surface area contributed by atoms with Crippen molar-refractivity contribution >= 4 is 45.8 Å². The molecule has 15 rings (SSSR count). The Morgan fingerprint density at radius 3 is 0.519 bits per heavy atom. The molecule has 8 aromatic carbocycles. The maximum Gasteiger partial charge on any atom is 0.0122 e. The van der Waals surface area contributed by atoms with Crippen molar-refractivity contribution in [2.24, 2.45) is 0 Å². The first kappa shape index (κ1) is 33.8. The molecule has 0 atom stereocenters. The highest BCUT2D eigenvalue weighted by Crippen LogP contribution is 2.41. The molecule has 256 valence electrons. The van der Waals surface area contributed by atoms with Gasteiger partial charge in [-0.15, -0.1) is 0 Å². The van der Waals surface area contributed by atoms with Crippen LogP contribution in [0.3, 0.4) is 0 Å². The van der Waals surface area contributed by atoms with E-state index in [1.165, 1.54) is 86.4 Å². The van der Waals surface area contributed by atoms with Gasteiger partial charge in [0.1, 0.15) is 0 Å². The standard InChI is InChI=1S/C52H36S2/c1-5-13-37(14-6-1)49-41-21-29-45(30-22-41)53-47-33-25-43(26-34-47)51(39-17-9-3-10-18-39)52(40-19-11-4-12-20-40)44-27-35-48(36-28-44)54-46-31-23-42(24-32-46)50(49)38-15-7-2-8-16-38/h1-36H/b50-49-,52-51-. The third kappa shape index (κ3) is 7.15. The Bertz CT molecular complexity index is 2180. The molecular weight excluding hydrogens is 689 g/mol. The van der Waals surface area contributed by atoms with E-state index >= 15 is 0 Å². The summed E-state index contributed by atoms with van der Waals surface area (Å²) in [5, 5.41) is 0. The molecule has 0 fully saturated rings. The van der Waals surface area contributed by atoms with Crippen molar-refractivity contribution < 1.29 is 0 Å². The minimum Gasteiger partial charge on any atom is -0.0901 e. The van der Waals surface area contributed by atoms with Crippen LogP contribution in [0.5, 0.6) is 0 Å². The van der Waals surface area contributed by atoms with E-state index in [1.54, 1.807) is 23.5 Å². The van der Waals surface area contributed by atoms with E-state index < -0.39 is 0 Å². The molecule has 7 aliphatic rings. The molecule has 8 bridgehead atoms. The van der Waals surface area contributed by atoms with Gasteiger partial charge in [-0.25, -0.2) is 0 Å². The van der Waals surface area contributed by atoms with Crippen LogP contribution in [0.25, 0.3) is 22.3 Å². The Hall–Kier alpha value is -6.06. The van der Waals surface area contributed by atoms with Gasteiger partial charge in [0.25, 0.3) is 0 Å². The third-order valence-electron chi connectivity index (χ3n) is 9.79. The van der Waals surface area contributed by atoms with Gasteiger partial charge < -0.3 is 0 Å². The average Bonchev–Trinajstić information content (AvgIpc) is 3.24. The molecule has 2 heteroatoms. The zero-order chi connectivity index (χ0) is 36.1. The predicted molar refractivity (Wildman–Crippen MR) is 230 cm³/mol. The van der Waals surface area contributed by atoms with Crippen LogP contribution in [-0.4, -0.2) is 0 Å². The fourth-order valence-electron chi connectivity index (χ4n) is 7.27. The molecule has 0 saturated carbocycles.